The highest BCUT2D eigenvalue weighted by Crippen LogP contribution is 2.37. The summed E-state index contributed by atoms with van der Waals surface area (Å²) in [5.41, 5.74) is 8.88. The smallest absolute Gasteiger partial charge is 0.216 e. The molecule has 3 aromatic carbocycles. The Morgan fingerprint density at radius 3 is 2.34 bits per heavy atom. The summed E-state index contributed by atoms with van der Waals surface area (Å²) in [4.78, 5) is 0. The van der Waals surface area contributed by atoms with Gasteiger partial charge in [-0.2, -0.15) is 4.57 Å². The number of furan rings is 1. The van der Waals surface area contributed by atoms with Crippen LogP contribution in [0.1, 0.15) is 25.0 Å². The summed E-state index contributed by atoms with van der Waals surface area (Å²) in [6.45, 7) is 14.2. The van der Waals surface area contributed by atoms with Gasteiger partial charge in [0.05, 0.1) is 13.6 Å². The Labute approximate surface area is 191 Å². The van der Waals surface area contributed by atoms with Gasteiger partial charge >= 0.3 is 0 Å². The van der Waals surface area contributed by atoms with Crippen molar-refractivity contribution in [3.63, 3.8) is 0 Å². The van der Waals surface area contributed by atoms with Crippen molar-refractivity contribution in [2.75, 3.05) is 0 Å². The standard InChI is InChI=1S/C29H32NOSi/c1-18(2)32(6,7)27-17-25(30(5)24-15-12-19(3)16-23(24)27)28-20(4)13-14-22-21-10-8-9-11-26(21)31-29(22)28/h8-18H,1-7H3/q+1. The molecule has 0 aliphatic rings. The minimum atomic E-state index is -1.69. The molecule has 0 aliphatic heterocycles. The summed E-state index contributed by atoms with van der Waals surface area (Å²) >= 11 is 0. The highest BCUT2D eigenvalue weighted by atomic mass is 28.3. The molecule has 0 bridgehead atoms. The van der Waals surface area contributed by atoms with Gasteiger partial charge in [-0.3, -0.25) is 0 Å². The first-order valence-electron chi connectivity index (χ1n) is 11.5. The molecule has 0 saturated carbocycles. The van der Waals surface area contributed by atoms with Crippen LogP contribution in [-0.2, 0) is 7.05 Å². The molecular formula is C29H32NOSi+. The van der Waals surface area contributed by atoms with E-state index in [0.717, 1.165) is 11.2 Å². The van der Waals surface area contributed by atoms with E-state index in [4.69, 9.17) is 4.42 Å². The molecule has 32 heavy (non-hydrogen) atoms. The van der Waals surface area contributed by atoms with Crippen molar-refractivity contribution in [2.24, 2.45) is 7.05 Å². The normalized spacial score (nSPS) is 12.5. The van der Waals surface area contributed by atoms with E-state index in [1.807, 2.05) is 6.07 Å². The van der Waals surface area contributed by atoms with E-state index in [2.05, 4.69) is 107 Å². The molecule has 0 unspecified atom stereocenters. The molecule has 2 aromatic heterocycles. The average Bonchev–Trinajstić information content (AvgIpc) is 3.12. The Morgan fingerprint density at radius 1 is 0.844 bits per heavy atom. The molecule has 0 radical (unpaired) electrons. The Morgan fingerprint density at radius 2 is 1.59 bits per heavy atom. The number of pyridine rings is 1. The zero-order valence-corrected chi connectivity index (χ0v) is 21.2. The van der Waals surface area contributed by atoms with Crippen LogP contribution >= 0.6 is 0 Å². The summed E-state index contributed by atoms with van der Waals surface area (Å²) in [6.07, 6.45) is 0. The molecule has 0 amide bonds. The van der Waals surface area contributed by atoms with E-state index in [0.29, 0.717) is 5.54 Å². The van der Waals surface area contributed by atoms with Crippen LogP contribution in [-0.4, -0.2) is 8.07 Å². The van der Waals surface area contributed by atoms with E-state index >= 15 is 0 Å². The minimum Gasteiger partial charge on any atom is -0.455 e. The fraction of sp³-hybridized carbons (Fsp3) is 0.276. The number of hydrogen-bond acceptors (Lipinski definition) is 1. The Bertz CT molecular complexity index is 1510. The molecule has 0 atom stereocenters. The monoisotopic (exact) mass is 438 g/mol. The van der Waals surface area contributed by atoms with Gasteiger partial charge in [0.1, 0.15) is 18.2 Å². The van der Waals surface area contributed by atoms with E-state index in [9.17, 15) is 0 Å². The SMILES string of the molecule is Cc1ccc2c(c1)c([Si](C)(C)C(C)C)cc(-c1c(C)ccc3c1oc1ccccc13)[n+]2C. The van der Waals surface area contributed by atoms with Crippen LogP contribution in [0, 0.1) is 13.8 Å². The first kappa shape index (κ1) is 21.0. The van der Waals surface area contributed by atoms with E-state index < -0.39 is 8.07 Å². The second-order valence-electron chi connectivity index (χ2n) is 10.1. The van der Waals surface area contributed by atoms with Gasteiger partial charge in [-0.15, -0.1) is 0 Å². The number of para-hydroxylation sites is 1. The highest BCUT2D eigenvalue weighted by Gasteiger charge is 2.33. The topological polar surface area (TPSA) is 17.0 Å². The second kappa shape index (κ2) is 7.31. The molecule has 0 aliphatic carbocycles. The van der Waals surface area contributed by atoms with Crippen molar-refractivity contribution in [2.45, 2.75) is 46.3 Å². The van der Waals surface area contributed by atoms with Crippen LogP contribution in [0.15, 0.2) is 65.1 Å². The van der Waals surface area contributed by atoms with Crippen LogP contribution < -0.4 is 9.75 Å². The molecule has 0 N–H and O–H groups in total. The lowest BCUT2D eigenvalue weighted by molar-refractivity contribution is -0.633. The molecule has 5 rings (SSSR count). The number of benzene rings is 3. The summed E-state index contributed by atoms with van der Waals surface area (Å²) in [5, 5.41) is 5.30. The molecule has 0 spiro atoms. The van der Waals surface area contributed by atoms with Crippen molar-refractivity contribution in [3.05, 3.63) is 71.8 Å². The number of fused-ring (bicyclic) bond motifs is 4. The quantitative estimate of drug-likeness (QED) is 0.215. The lowest BCUT2D eigenvalue weighted by atomic mass is 9.99. The van der Waals surface area contributed by atoms with Gasteiger partial charge in [-0.25, -0.2) is 0 Å². The van der Waals surface area contributed by atoms with Crippen molar-refractivity contribution >= 4 is 46.1 Å². The molecule has 3 heteroatoms. The Balaban J connectivity index is 1.94. The zero-order valence-electron chi connectivity index (χ0n) is 20.2. The predicted molar refractivity (Wildman–Crippen MR) is 140 cm³/mol. The maximum atomic E-state index is 6.48. The lowest BCUT2D eigenvalue weighted by Crippen LogP contribution is -2.47. The van der Waals surface area contributed by atoms with Crippen LogP contribution in [0.25, 0.3) is 44.1 Å². The number of nitrogens with zero attached hydrogens (tertiary/aromatic N) is 1. The maximum absolute atomic E-state index is 6.48. The third-order valence-corrected chi connectivity index (χ3v) is 12.3. The van der Waals surface area contributed by atoms with Gasteiger partial charge in [0.15, 0.2) is 0 Å². The first-order valence-corrected chi connectivity index (χ1v) is 14.6. The Kier molecular flexibility index (Phi) is 4.79. The summed E-state index contributed by atoms with van der Waals surface area (Å²) < 4.78 is 8.84. The van der Waals surface area contributed by atoms with Gasteiger partial charge in [-0.1, -0.05) is 68.9 Å². The fourth-order valence-corrected chi connectivity index (χ4v) is 6.91. The average molecular weight is 439 g/mol. The van der Waals surface area contributed by atoms with Gasteiger partial charge < -0.3 is 4.42 Å². The first-order chi connectivity index (χ1) is 15.2. The van der Waals surface area contributed by atoms with Gasteiger partial charge in [-0.05, 0) is 42.3 Å². The molecule has 0 saturated heterocycles. The maximum Gasteiger partial charge on any atom is 0.216 e. The molecule has 2 heterocycles. The number of rotatable bonds is 3. The largest absolute Gasteiger partial charge is 0.455 e. The van der Waals surface area contributed by atoms with Crippen molar-refractivity contribution in [3.8, 4) is 11.3 Å². The number of aryl methyl sites for hydroxylation is 3. The highest BCUT2D eigenvalue weighted by molar-refractivity contribution is 6.92. The molecule has 162 valence electrons. The molecule has 2 nitrogen and oxygen atoms in total. The summed E-state index contributed by atoms with van der Waals surface area (Å²) in [7, 11) is 0.504. The van der Waals surface area contributed by atoms with E-state index in [1.165, 1.54) is 49.2 Å². The lowest BCUT2D eigenvalue weighted by Gasteiger charge is -2.29. The van der Waals surface area contributed by atoms with Crippen molar-refractivity contribution in [1.29, 1.82) is 0 Å². The Hall–Kier alpha value is -2.91. The molecule has 5 aromatic rings. The van der Waals surface area contributed by atoms with Gasteiger partial charge in [0, 0.05) is 28.3 Å². The minimum absolute atomic E-state index is 0.648. The van der Waals surface area contributed by atoms with Gasteiger partial charge in [0.2, 0.25) is 11.2 Å². The molecule has 0 fully saturated rings. The summed E-state index contributed by atoms with van der Waals surface area (Å²) in [5.74, 6) is 0. The number of aromatic nitrogens is 1. The van der Waals surface area contributed by atoms with E-state index in [1.54, 1.807) is 0 Å². The van der Waals surface area contributed by atoms with Crippen LogP contribution in [0.2, 0.25) is 18.6 Å². The van der Waals surface area contributed by atoms with Crippen LogP contribution in [0.4, 0.5) is 0 Å². The van der Waals surface area contributed by atoms with Gasteiger partial charge in [0.25, 0.3) is 0 Å². The zero-order chi connectivity index (χ0) is 22.8. The predicted octanol–water partition coefficient (Wildman–Crippen LogP) is 7.17. The summed E-state index contributed by atoms with van der Waals surface area (Å²) in [6, 6.07) is 22.2. The molecular weight excluding hydrogens is 406 g/mol. The van der Waals surface area contributed by atoms with Crippen molar-refractivity contribution < 1.29 is 8.98 Å². The number of hydrogen-bond donors (Lipinski definition) is 0. The fourth-order valence-electron chi connectivity index (χ4n) is 4.89. The van der Waals surface area contributed by atoms with Crippen LogP contribution in [0.5, 0.6) is 0 Å². The third kappa shape index (κ3) is 3.02. The van der Waals surface area contributed by atoms with E-state index in [-0.39, 0.29) is 0 Å². The second-order valence-corrected chi connectivity index (χ2v) is 15.3. The van der Waals surface area contributed by atoms with Crippen LogP contribution in [0.3, 0.4) is 0 Å². The van der Waals surface area contributed by atoms with Crippen molar-refractivity contribution in [1.82, 2.24) is 0 Å². The third-order valence-electron chi connectivity index (χ3n) is 7.59.